The highest BCUT2D eigenvalue weighted by Crippen LogP contribution is 2.22. The second-order valence-electron chi connectivity index (χ2n) is 4.26. The molecule has 0 unspecified atom stereocenters. The van der Waals surface area contributed by atoms with E-state index < -0.39 is 0 Å². The molecule has 0 radical (unpaired) electrons. The van der Waals surface area contributed by atoms with Crippen molar-refractivity contribution in [2.75, 3.05) is 32.7 Å². The molecule has 1 rings (SSSR count). The van der Waals surface area contributed by atoms with E-state index in [1.54, 1.807) is 14.2 Å². The fourth-order valence-corrected chi connectivity index (χ4v) is 1.96. The van der Waals surface area contributed by atoms with Gasteiger partial charge in [0.2, 0.25) is 0 Å². The van der Waals surface area contributed by atoms with Gasteiger partial charge < -0.3 is 20.5 Å². The molecule has 0 aliphatic carbocycles. The molecule has 0 aliphatic heterocycles. The van der Waals surface area contributed by atoms with E-state index in [4.69, 9.17) is 27.4 Å². The summed E-state index contributed by atoms with van der Waals surface area (Å²) in [5, 5.41) is 3.36. The molecule has 3 N–H and O–H groups in total. The van der Waals surface area contributed by atoms with Crippen molar-refractivity contribution in [3.8, 4) is 5.75 Å². The van der Waals surface area contributed by atoms with Crippen LogP contribution in [0.15, 0.2) is 18.2 Å². The van der Waals surface area contributed by atoms with Crippen molar-refractivity contribution in [1.29, 1.82) is 0 Å². The Hall–Kier alpha value is -1.33. The van der Waals surface area contributed by atoms with Gasteiger partial charge in [-0.15, -0.1) is 0 Å². The van der Waals surface area contributed by atoms with Crippen molar-refractivity contribution in [3.05, 3.63) is 23.8 Å². The molecular weight excluding hydrogens is 260 g/mol. The number of hydrogen-bond acceptors (Lipinski definition) is 4. The second-order valence-corrected chi connectivity index (χ2v) is 4.70. The zero-order chi connectivity index (χ0) is 14.1. The summed E-state index contributed by atoms with van der Waals surface area (Å²) in [6.45, 7) is 1.70. The zero-order valence-electron chi connectivity index (χ0n) is 11.6. The summed E-state index contributed by atoms with van der Waals surface area (Å²) in [5.74, 6) is 0.793. The maximum Gasteiger partial charge on any atom is 0.120 e. The third-order valence-electron chi connectivity index (χ3n) is 2.83. The van der Waals surface area contributed by atoms with E-state index >= 15 is 0 Å². The van der Waals surface area contributed by atoms with Crippen LogP contribution in [0.1, 0.15) is 24.8 Å². The Balaban J connectivity index is 2.52. The monoisotopic (exact) mass is 282 g/mol. The van der Waals surface area contributed by atoms with Gasteiger partial charge in [-0.3, -0.25) is 0 Å². The normalized spacial score (nSPS) is 10.2. The number of benzene rings is 1. The molecule has 0 bridgehead atoms. The van der Waals surface area contributed by atoms with Crippen molar-refractivity contribution in [1.82, 2.24) is 0 Å². The fraction of sp³-hybridized carbons (Fsp3) is 0.500. The van der Waals surface area contributed by atoms with Crippen LogP contribution in [0.4, 0.5) is 5.69 Å². The summed E-state index contributed by atoms with van der Waals surface area (Å²) in [7, 11) is 3.37. The zero-order valence-corrected chi connectivity index (χ0v) is 12.4. The third kappa shape index (κ3) is 5.44. The summed E-state index contributed by atoms with van der Waals surface area (Å²) in [6, 6.07) is 5.66. The van der Waals surface area contributed by atoms with Crippen LogP contribution in [0.3, 0.4) is 0 Å². The van der Waals surface area contributed by atoms with E-state index in [-0.39, 0.29) is 0 Å². The van der Waals surface area contributed by atoms with Gasteiger partial charge in [-0.1, -0.05) is 12.2 Å². The van der Waals surface area contributed by atoms with E-state index in [1.807, 2.05) is 18.2 Å². The molecule has 0 saturated carbocycles. The molecule has 0 aromatic heterocycles. The van der Waals surface area contributed by atoms with Crippen LogP contribution < -0.4 is 15.8 Å². The summed E-state index contributed by atoms with van der Waals surface area (Å²) < 4.78 is 10.2. The van der Waals surface area contributed by atoms with Crippen LogP contribution in [0.2, 0.25) is 0 Å². The van der Waals surface area contributed by atoms with Gasteiger partial charge in [0.25, 0.3) is 0 Å². The van der Waals surface area contributed by atoms with Gasteiger partial charge in [0.1, 0.15) is 10.7 Å². The average molecular weight is 282 g/mol. The number of thiocarbonyl (C=S) groups is 1. The number of nitrogens with two attached hydrogens (primary N) is 1. The molecule has 0 heterocycles. The van der Waals surface area contributed by atoms with Crippen molar-refractivity contribution < 1.29 is 9.47 Å². The molecule has 19 heavy (non-hydrogen) atoms. The molecule has 0 spiro atoms. The lowest BCUT2D eigenvalue weighted by Gasteiger charge is -2.12. The number of unbranched alkanes of at least 4 members (excludes halogenated alkanes) is 2. The second kappa shape index (κ2) is 8.72. The van der Waals surface area contributed by atoms with Crippen LogP contribution >= 0.6 is 12.2 Å². The van der Waals surface area contributed by atoms with Gasteiger partial charge in [0.05, 0.1) is 7.11 Å². The van der Waals surface area contributed by atoms with Crippen LogP contribution in [0, 0.1) is 0 Å². The lowest BCUT2D eigenvalue weighted by atomic mass is 10.1. The molecule has 0 aliphatic rings. The lowest BCUT2D eigenvalue weighted by Crippen LogP contribution is -2.14. The Kier molecular flexibility index (Phi) is 7.22. The number of methoxy groups -OCH3 is 2. The predicted octanol–water partition coefficient (Wildman–Crippen LogP) is 2.56. The summed E-state index contributed by atoms with van der Waals surface area (Å²) in [5.41, 5.74) is 7.49. The highest BCUT2D eigenvalue weighted by molar-refractivity contribution is 7.80. The molecule has 0 saturated heterocycles. The van der Waals surface area contributed by atoms with Crippen LogP contribution in [0.25, 0.3) is 0 Å². The van der Waals surface area contributed by atoms with Crippen molar-refractivity contribution >= 4 is 22.9 Å². The van der Waals surface area contributed by atoms with E-state index in [9.17, 15) is 0 Å². The number of anilines is 1. The van der Waals surface area contributed by atoms with Crippen LogP contribution in [-0.2, 0) is 4.74 Å². The minimum Gasteiger partial charge on any atom is -0.497 e. The first-order valence-corrected chi connectivity index (χ1v) is 6.80. The fourth-order valence-electron chi connectivity index (χ4n) is 1.78. The highest BCUT2D eigenvalue weighted by atomic mass is 32.1. The van der Waals surface area contributed by atoms with E-state index in [1.165, 1.54) is 0 Å². The third-order valence-corrected chi connectivity index (χ3v) is 3.05. The van der Waals surface area contributed by atoms with Gasteiger partial charge >= 0.3 is 0 Å². The lowest BCUT2D eigenvalue weighted by molar-refractivity contribution is 0.192. The molecule has 0 fully saturated rings. The molecule has 1 aromatic rings. The van der Waals surface area contributed by atoms with Gasteiger partial charge in [-0.2, -0.15) is 0 Å². The topological polar surface area (TPSA) is 56.5 Å². The summed E-state index contributed by atoms with van der Waals surface area (Å²) in [6.07, 6.45) is 3.29. The highest BCUT2D eigenvalue weighted by Gasteiger charge is 2.06. The Labute approximate surface area is 120 Å². The Morgan fingerprint density at radius 2 is 2.05 bits per heavy atom. The summed E-state index contributed by atoms with van der Waals surface area (Å²) in [4.78, 5) is 0.393. The number of nitrogens with one attached hydrogen (secondary N) is 1. The van der Waals surface area contributed by atoms with E-state index in [0.717, 1.165) is 49.4 Å². The number of ether oxygens (including phenoxy) is 2. The minimum absolute atomic E-state index is 0.393. The quantitative estimate of drug-likeness (QED) is 0.538. The number of rotatable bonds is 9. The molecule has 1 aromatic carbocycles. The largest absolute Gasteiger partial charge is 0.497 e. The molecule has 4 nitrogen and oxygen atoms in total. The molecule has 0 amide bonds. The minimum atomic E-state index is 0.393. The van der Waals surface area contributed by atoms with Crippen molar-refractivity contribution in [2.45, 2.75) is 19.3 Å². The van der Waals surface area contributed by atoms with E-state index in [0.29, 0.717) is 4.99 Å². The predicted molar refractivity (Wildman–Crippen MR) is 83.1 cm³/mol. The molecule has 106 valence electrons. The first-order chi connectivity index (χ1) is 9.19. The SMILES string of the molecule is COCCCCCNc1cc(OC)ccc1C(N)=S. The van der Waals surface area contributed by atoms with Crippen molar-refractivity contribution in [2.24, 2.45) is 5.73 Å². The first-order valence-electron chi connectivity index (χ1n) is 6.39. The number of hydrogen-bond donors (Lipinski definition) is 2. The van der Waals surface area contributed by atoms with E-state index in [2.05, 4.69) is 5.32 Å². The van der Waals surface area contributed by atoms with Crippen molar-refractivity contribution in [3.63, 3.8) is 0 Å². The molecule has 0 atom stereocenters. The van der Waals surface area contributed by atoms with Gasteiger partial charge in [0.15, 0.2) is 0 Å². The van der Waals surface area contributed by atoms with Gasteiger partial charge in [-0.05, 0) is 31.4 Å². The van der Waals surface area contributed by atoms with Gasteiger partial charge in [0, 0.05) is 37.6 Å². The van der Waals surface area contributed by atoms with Crippen LogP contribution in [-0.4, -0.2) is 32.4 Å². The first kappa shape index (κ1) is 15.7. The molecular formula is C14H22N2O2S. The Bertz CT molecular complexity index is 410. The molecule has 5 heteroatoms. The Morgan fingerprint density at radius 3 is 2.68 bits per heavy atom. The summed E-state index contributed by atoms with van der Waals surface area (Å²) >= 11 is 5.05. The standard InChI is InChI=1S/C14H22N2O2S/c1-17-9-5-3-4-8-16-13-10-11(18-2)6-7-12(13)14(15)19/h6-7,10,16H,3-5,8-9H2,1-2H3,(H2,15,19). The maximum atomic E-state index is 5.71. The average Bonchev–Trinajstić information content (AvgIpc) is 2.42. The smallest absolute Gasteiger partial charge is 0.120 e. The Morgan fingerprint density at radius 1 is 1.26 bits per heavy atom. The maximum absolute atomic E-state index is 5.71. The van der Waals surface area contributed by atoms with Gasteiger partial charge in [-0.25, -0.2) is 0 Å². The van der Waals surface area contributed by atoms with Crippen LogP contribution in [0.5, 0.6) is 5.75 Å².